The molecule has 0 spiro atoms. The Balaban J connectivity index is 0.00000200. The molecule has 1 aromatic heterocycles. The first-order valence-corrected chi connectivity index (χ1v) is 7.15. The van der Waals surface area contributed by atoms with Gasteiger partial charge in [-0.25, -0.2) is 0 Å². The molecule has 0 aliphatic carbocycles. The molecule has 2 heterocycles. The van der Waals surface area contributed by atoms with Crippen LogP contribution in [-0.4, -0.2) is 30.9 Å². The van der Waals surface area contributed by atoms with E-state index in [0.717, 1.165) is 31.0 Å². The highest BCUT2D eigenvalue weighted by Gasteiger charge is 2.16. The number of amides is 1. The number of carbonyl (C=O) groups excluding carboxylic acids is 1. The minimum absolute atomic E-state index is 0. The Morgan fingerprint density at radius 2 is 2.10 bits per heavy atom. The number of piperidine rings is 1. The van der Waals surface area contributed by atoms with E-state index >= 15 is 0 Å². The van der Waals surface area contributed by atoms with Crippen molar-refractivity contribution in [2.24, 2.45) is 5.92 Å². The summed E-state index contributed by atoms with van der Waals surface area (Å²) in [5.41, 5.74) is 0. The third-order valence-electron chi connectivity index (χ3n) is 3.84. The van der Waals surface area contributed by atoms with Crippen LogP contribution in [0.2, 0.25) is 0 Å². The van der Waals surface area contributed by atoms with Crippen molar-refractivity contribution in [2.75, 3.05) is 20.1 Å². The molecular formula is C15H25ClN2O2. The van der Waals surface area contributed by atoms with Crippen LogP contribution in [0.25, 0.3) is 0 Å². The zero-order valence-corrected chi connectivity index (χ0v) is 13.2. The molecule has 2 rings (SSSR count). The van der Waals surface area contributed by atoms with E-state index in [-0.39, 0.29) is 18.3 Å². The molecule has 0 unspecified atom stereocenters. The summed E-state index contributed by atoms with van der Waals surface area (Å²) < 4.78 is 5.50. The first-order valence-electron chi connectivity index (χ1n) is 7.15. The lowest BCUT2D eigenvalue weighted by atomic mass is 9.93. The molecule has 4 nitrogen and oxygen atoms in total. The molecule has 20 heavy (non-hydrogen) atoms. The van der Waals surface area contributed by atoms with Crippen LogP contribution in [0.4, 0.5) is 0 Å². The Morgan fingerprint density at radius 3 is 2.70 bits per heavy atom. The van der Waals surface area contributed by atoms with Gasteiger partial charge >= 0.3 is 0 Å². The van der Waals surface area contributed by atoms with Crippen molar-refractivity contribution in [3.8, 4) is 0 Å². The van der Waals surface area contributed by atoms with Crippen molar-refractivity contribution < 1.29 is 9.21 Å². The fraction of sp³-hybridized carbons (Fsp3) is 0.667. The third kappa shape index (κ3) is 5.17. The fourth-order valence-electron chi connectivity index (χ4n) is 2.58. The highest BCUT2D eigenvalue weighted by Crippen LogP contribution is 2.18. The van der Waals surface area contributed by atoms with E-state index in [1.807, 2.05) is 26.1 Å². The zero-order chi connectivity index (χ0) is 13.7. The Bertz CT molecular complexity index is 414. The predicted octanol–water partition coefficient (Wildman–Crippen LogP) is 2.75. The summed E-state index contributed by atoms with van der Waals surface area (Å²) in [5.74, 6) is 2.68. The van der Waals surface area contributed by atoms with Gasteiger partial charge in [0.15, 0.2) is 0 Å². The second-order valence-electron chi connectivity index (χ2n) is 5.49. The number of nitrogens with zero attached hydrogens (tertiary/aromatic N) is 1. The molecular weight excluding hydrogens is 276 g/mol. The number of halogens is 1. The van der Waals surface area contributed by atoms with Gasteiger partial charge in [0.1, 0.15) is 11.5 Å². The van der Waals surface area contributed by atoms with Gasteiger partial charge in [-0.15, -0.1) is 12.4 Å². The lowest BCUT2D eigenvalue weighted by Crippen LogP contribution is -2.30. The van der Waals surface area contributed by atoms with Crippen molar-refractivity contribution in [2.45, 2.75) is 39.2 Å². The minimum atomic E-state index is 0. The SMILES string of the molecule is Cc1ccc(CN(C)C(=O)CCC2CCNCC2)o1.Cl. The maximum atomic E-state index is 12.1. The van der Waals surface area contributed by atoms with Crippen molar-refractivity contribution in [3.05, 3.63) is 23.7 Å². The first kappa shape index (κ1) is 17.1. The number of hydrogen-bond acceptors (Lipinski definition) is 3. The van der Waals surface area contributed by atoms with Crippen LogP contribution in [-0.2, 0) is 11.3 Å². The van der Waals surface area contributed by atoms with Gasteiger partial charge in [0.25, 0.3) is 0 Å². The van der Waals surface area contributed by atoms with E-state index in [1.54, 1.807) is 4.90 Å². The largest absolute Gasteiger partial charge is 0.464 e. The van der Waals surface area contributed by atoms with E-state index in [2.05, 4.69) is 5.32 Å². The van der Waals surface area contributed by atoms with Crippen LogP contribution < -0.4 is 5.32 Å². The smallest absolute Gasteiger partial charge is 0.222 e. The van der Waals surface area contributed by atoms with Gasteiger partial charge in [0.05, 0.1) is 6.54 Å². The van der Waals surface area contributed by atoms with Gasteiger partial charge in [-0.1, -0.05) is 0 Å². The number of carbonyl (C=O) groups is 1. The highest BCUT2D eigenvalue weighted by molar-refractivity contribution is 5.85. The number of furan rings is 1. The van der Waals surface area contributed by atoms with Gasteiger partial charge in [0, 0.05) is 13.5 Å². The maximum Gasteiger partial charge on any atom is 0.222 e. The van der Waals surface area contributed by atoms with Gasteiger partial charge in [-0.05, 0) is 57.3 Å². The van der Waals surface area contributed by atoms with Gasteiger partial charge < -0.3 is 14.6 Å². The van der Waals surface area contributed by atoms with Gasteiger partial charge in [-0.2, -0.15) is 0 Å². The molecule has 1 aromatic rings. The van der Waals surface area contributed by atoms with Crippen LogP contribution in [0.3, 0.4) is 0 Å². The molecule has 5 heteroatoms. The highest BCUT2D eigenvalue weighted by atomic mass is 35.5. The third-order valence-corrected chi connectivity index (χ3v) is 3.84. The van der Waals surface area contributed by atoms with Crippen molar-refractivity contribution in [1.29, 1.82) is 0 Å². The normalized spacial score (nSPS) is 15.7. The molecule has 1 saturated heterocycles. The number of nitrogens with one attached hydrogen (secondary N) is 1. The molecule has 0 radical (unpaired) electrons. The van der Waals surface area contributed by atoms with Crippen LogP contribution >= 0.6 is 12.4 Å². The molecule has 114 valence electrons. The Kier molecular flexibility index (Phi) is 7.10. The Hall–Kier alpha value is -1.00. The van der Waals surface area contributed by atoms with Gasteiger partial charge in [-0.3, -0.25) is 4.79 Å². The summed E-state index contributed by atoms with van der Waals surface area (Å²) in [6, 6.07) is 3.87. The monoisotopic (exact) mass is 300 g/mol. The second-order valence-corrected chi connectivity index (χ2v) is 5.49. The quantitative estimate of drug-likeness (QED) is 0.909. The average Bonchev–Trinajstić information content (AvgIpc) is 2.82. The molecule has 1 amide bonds. The van der Waals surface area contributed by atoms with Crippen LogP contribution in [0.5, 0.6) is 0 Å². The molecule has 1 aliphatic rings. The number of rotatable bonds is 5. The lowest BCUT2D eigenvalue weighted by molar-refractivity contribution is -0.131. The molecule has 0 saturated carbocycles. The standard InChI is InChI=1S/C15H24N2O2.ClH/c1-12-3-5-14(19-12)11-17(2)15(18)6-4-13-7-9-16-10-8-13;/h3,5,13,16H,4,6-11H2,1-2H3;1H. The van der Waals surface area contributed by atoms with E-state index in [9.17, 15) is 4.79 Å². The molecule has 1 aliphatic heterocycles. The van der Waals surface area contributed by atoms with Crippen molar-refractivity contribution >= 4 is 18.3 Å². The molecule has 0 aromatic carbocycles. The van der Waals surface area contributed by atoms with Crippen LogP contribution in [0, 0.1) is 12.8 Å². The summed E-state index contributed by atoms with van der Waals surface area (Å²) in [4.78, 5) is 13.8. The zero-order valence-electron chi connectivity index (χ0n) is 12.4. The predicted molar refractivity (Wildman–Crippen MR) is 82.0 cm³/mol. The van der Waals surface area contributed by atoms with Crippen molar-refractivity contribution in [3.63, 3.8) is 0 Å². The van der Waals surface area contributed by atoms with E-state index in [1.165, 1.54) is 12.8 Å². The van der Waals surface area contributed by atoms with E-state index in [4.69, 9.17) is 4.42 Å². The topological polar surface area (TPSA) is 45.5 Å². The Labute approximate surface area is 127 Å². The molecule has 1 fully saturated rings. The van der Waals surface area contributed by atoms with E-state index in [0.29, 0.717) is 18.9 Å². The number of aryl methyl sites for hydroxylation is 1. The lowest BCUT2D eigenvalue weighted by Gasteiger charge is -2.23. The second kappa shape index (κ2) is 8.32. The maximum absolute atomic E-state index is 12.1. The summed E-state index contributed by atoms with van der Waals surface area (Å²) in [6.45, 7) is 4.68. The van der Waals surface area contributed by atoms with Crippen molar-refractivity contribution in [1.82, 2.24) is 10.2 Å². The van der Waals surface area contributed by atoms with E-state index < -0.39 is 0 Å². The van der Waals surface area contributed by atoms with Crippen LogP contribution in [0.15, 0.2) is 16.5 Å². The van der Waals surface area contributed by atoms with Crippen LogP contribution in [0.1, 0.15) is 37.2 Å². The number of hydrogen-bond donors (Lipinski definition) is 1. The Morgan fingerprint density at radius 1 is 1.40 bits per heavy atom. The molecule has 1 N–H and O–H groups in total. The summed E-state index contributed by atoms with van der Waals surface area (Å²) in [7, 11) is 1.85. The summed E-state index contributed by atoms with van der Waals surface area (Å²) in [5, 5.41) is 3.35. The minimum Gasteiger partial charge on any atom is -0.464 e. The summed E-state index contributed by atoms with van der Waals surface area (Å²) in [6.07, 6.45) is 4.08. The molecule has 0 bridgehead atoms. The molecule has 0 atom stereocenters. The fourth-order valence-corrected chi connectivity index (χ4v) is 2.58. The first-order chi connectivity index (χ1) is 9.15. The average molecular weight is 301 g/mol. The summed E-state index contributed by atoms with van der Waals surface area (Å²) >= 11 is 0. The van der Waals surface area contributed by atoms with Gasteiger partial charge in [0.2, 0.25) is 5.91 Å².